The highest BCUT2D eigenvalue weighted by Gasteiger charge is 2.49. The molecular weight excluding hydrogens is 296 g/mol. The van der Waals surface area contributed by atoms with Crippen LogP contribution in [-0.2, 0) is 14.3 Å². The molecule has 1 saturated heterocycles. The maximum atomic E-state index is 12.3. The van der Waals surface area contributed by atoms with Gasteiger partial charge >= 0.3 is 12.1 Å². The zero-order chi connectivity index (χ0) is 16.4. The van der Waals surface area contributed by atoms with Gasteiger partial charge in [0.2, 0.25) is 0 Å². The molecule has 1 saturated carbocycles. The fourth-order valence-corrected chi connectivity index (χ4v) is 3.47. The molecule has 23 heavy (non-hydrogen) atoms. The Balaban J connectivity index is 1.69. The van der Waals surface area contributed by atoms with Gasteiger partial charge in [-0.1, -0.05) is 0 Å². The largest absolute Gasteiger partial charge is 0.466 e. The van der Waals surface area contributed by atoms with E-state index in [0.29, 0.717) is 38.8 Å². The van der Waals surface area contributed by atoms with E-state index in [2.05, 4.69) is 4.98 Å². The predicted molar refractivity (Wildman–Crippen MR) is 84.1 cm³/mol. The highest BCUT2D eigenvalue weighted by molar-refractivity contribution is 5.91. The summed E-state index contributed by atoms with van der Waals surface area (Å²) >= 11 is 0. The van der Waals surface area contributed by atoms with E-state index in [1.165, 1.54) is 0 Å². The summed E-state index contributed by atoms with van der Waals surface area (Å²) in [4.78, 5) is 30.0. The number of amides is 1. The lowest BCUT2D eigenvalue weighted by atomic mass is 9.78. The number of esters is 1. The molecule has 0 bridgehead atoms. The molecule has 2 fully saturated rings. The van der Waals surface area contributed by atoms with Gasteiger partial charge in [-0.2, -0.15) is 0 Å². The van der Waals surface area contributed by atoms with Crippen molar-refractivity contribution >= 4 is 17.7 Å². The number of aryl methyl sites for hydroxylation is 1. The van der Waals surface area contributed by atoms with E-state index < -0.39 is 5.60 Å². The number of carbonyl (C=O) groups excluding carboxylic acids is 2. The minimum Gasteiger partial charge on any atom is -0.466 e. The minimum atomic E-state index is -0.484. The van der Waals surface area contributed by atoms with Crippen LogP contribution in [-0.4, -0.2) is 35.8 Å². The lowest BCUT2D eigenvalue weighted by Gasteiger charge is -2.34. The number of carbonyl (C=O) groups is 2. The summed E-state index contributed by atoms with van der Waals surface area (Å²) < 4.78 is 10.8. The Kier molecular flexibility index (Phi) is 4.24. The predicted octanol–water partition coefficient (Wildman–Crippen LogP) is 2.84. The molecule has 0 N–H and O–H groups in total. The normalized spacial score (nSPS) is 27.1. The summed E-state index contributed by atoms with van der Waals surface area (Å²) in [5, 5.41) is 0. The number of hydrogen-bond acceptors (Lipinski definition) is 5. The van der Waals surface area contributed by atoms with Gasteiger partial charge in [0.25, 0.3) is 0 Å². The molecule has 1 spiro atoms. The van der Waals surface area contributed by atoms with Crippen molar-refractivity contribution in [1.82, 2.24) is 4.98 Å². The van der Waals surface area contributed by atoms with Gasteiger partial charge in [0.1, 0.15) is 5.60 Å². The van der Waals surface area contributed by atoms with E-state index in [9.17, 15) is 9.59 Å². The maximum Gasteiger partial charge on any atom is 0.415 e. The van der Waals surface area contributed by atoms with E-state index in [0.717, 1.165) is 11.4 Å². The second-order valence-corrected chi connectivity index (χ2v) is 6.27. The van der Waals surface area contributed by atoms with Crippen molar-refractivity contribution in [2.75, 3.05) is 18.1 Å². The van der Waals surface area contributed by atoms with E-state index in [1.807, 2.05) is 26.0 Å². The molecular formula is C17H22N2O4. The Morgan fingerprint density at radius 3 is 2.87 bits per heavy atom. The van der Waals surface area contributed by atoms with Gasteiger partial charge in [-0.3, -0.25) is 14.7 Å². The molecule has 2 heterocycles. The van der Waals surface area contributed by atoms with Crippen LogP contribution >= 0.6 is 0 Å². The van der Waals surface area contributed by atoms with Crippen LogP contribution in [0.4, 0.5) is 10.5 Å². The maximum absolute atomic E-state index is 12.3. The smallest absolute Gasteiger partial charge is 0.415 e. The van der Waals surface area contributed by atoms with Crippen LogP contribution in [0.15, 0.2) is 18.3 Å². The van der Waals surface area contributed by atoms with Crippen molar-refractivity contribution in [1.29, 1.82) is 0 Å². The van der Waals surface area contributed by atoms with Crippen molar-refractivity contribution < 1.29 is 19.1 Å². The molecule has 0 radical (unpaired) electrons. The number of ether oxygens (including phenoxy) is 2. The quantitative estimate of drug-likeness (QED) is 0.802. The molecule has 0 aromatic carbocycles. The van der Waals surface area contributed by atoms with Gasteiger partial charge in [-0.15, -0.1) is 0 Å². The number of nitrogens with zero attached hydrogens (tertiary/aromatic N) is 2. The Bertz CT molecular complexity index is 608. The van der Waals surface area contributed by atoms with Crippen LogP contribution < -0.4 is 4.90 Å². The summed E-state index contributed by atoms with van der Waals surface area (Å²) in [5.41, 5.74) is 1.12. The van der Waals surface area contributed by atoms with E-state index in [1.54, 1.807) is 11.1 Å². The molecule has 1 aliphatic heterocycles. The summed E-state index contributed by atoms with van der Waals surface area (Å²) in [6.07, 6.45) is 4.17. The lowest BCUT2D eigenvalue weighted by Crippen LogP contribution is -2.40. The van der Waals surface area contributed by atoms with Crippen LogP contribution in [0.25, 0.3) is 0 Å². The standard InChI is InChI=1S/C17H22N2O4/c1-3-22-15(20)13-6-8-17(9-7-13)11-19(16(21)23-17)14-5-4-10-18-12(14)2/h4-5,10,13H,3,6-9,11H2,1-2H3/t13-,17-. The first kappa shape index (κ1) is 15.8. The van der Waals surface area contributed by atoms with Gasteiger partial charge in [-0.05, 0) is 51.7 Å². The number of rotatable bonds is 3. The van der Waals surface area contributed by atoms with E-state index in [4.69, 9.17) is 9.47 Å². The third-order valence-electron chi connectivity index (χ3n) is 4.76. The summed E-state index contributed by atoms with van der Waals surface area (Å²) in [6.45, 7) is 4.62. The molecule has 1 aliphatic carbocycles. The van der Waals surface area contributed by atoms with Gasteiger partial charge in [0.05, 0.1) is 30.5 Å². The summed E-state index contributed by atoms with van der Waals surface area (Å²) in [6, 6.07) is 3.70. The van der Waals surface area contributed by atoms with Gasteiger partial charge in [0, 0.05) is 6.20 Å². The van der Waals surface area contributed by atoms with Crippen LogP contribution in [0.5, 0.6) is 0 Å². The molecule has 0 unspecified atom stereocenters. The number of pyridine rings is 1. The Hall–Kier alpha value is -2.11. The SMILES string of the molecule is CCOC(=O)[C@H]1CC[C@]2(CC1)CN(c1cccnc1C)C(=O)O2. The minimum absolute atomic E-state index is 0.0755. The number of anilines is 1. The second-order valence-electron chi connectivity index (χ2n) is 6.27. The van der Waals surface area contributed by atoms with Crippen molar-refractivity contribution in [3.8, 4) is 0 Å². The fraction of sp³-hybridized carbons (Fsp3) is 0.588. The summed E-state index contributed by atoms with van der Waals surface area (Å²) in [7, 11) is 0. The molecule has 6 nitrogen and oxygen atoms in total. The van der Waals surface area contributed by atoms with Crippen molar-refractivity contribution in [2.45, 2.75) is 45.1 Å². The molecule has 1 aromatic rings. The molecule has 1 amide bonds. The monoisotopic (exact) mass is 318 g/mol. The molecule has 1 aromatic heterocycles. The van der Waals surface area contributed by atoms with Crippen LogP contribution in [0.3, 0.4) is 0 Å². The van der Waals surface area contributed by atoms with Crippen molar-refractivity contribution in [3.05, 3.63) is 24.0 Å². The van der Waals surface area contributed by atoms with E-state index in [-0.39, 0.29) is 18.0 Å². The Labute approximate surface area is 135 Å². The van der Waals surface area contributed by atoms with Crippen molar-refractivity contribution in [2.24, 2.45) is 5.92 Å². The zero-order valence-corrected chi connectivity index (χ0v) is 13.6. The first-order valence-electron chi connectivity index (χ1n) is 8.13. The Morgan fingerprint density at radius 2 is 2.22 bits per heavy atom. The van der Waals surface area contributed by atoms with Crippen LogP contribution in [0.1, 0.15) is 38.3 Å². The third-order valence-corrected chi connectivity index (χ3v) is 4.76. The third kappa shape index (κ3) is 3.02. The first-order chi connectivity index (χ1) is 11.0. The van der Waals surface area contributed by atoms with Gasteiger partial charge in [-0.25, -0.2) is 4.79 Å². The second kappa shape index (κ2) is 6.18. The molecule has 0 atom stereocenters. The van der Waals surface area contributed by atoms with Crippen LogP contribution in [0, 0.1) is 12.8 Å². The highest BCUT2D eigenvalue weighted by atomic mass is 16.6. The van der Waals surface area contributed by atoms with Gasteiger partial charge < -0.3 is 9.47 Å². The zero-order valence-electron chi connectivity index (χ0n) is 13.6. The first-order valence-corrected chi connectivity index (χ1v) is 8.13. The lowest BCUT2D eigenvalue weighted by molar-refractivity contribution is -0.150. The Morgan fingerprint density at radius 1 is 1.48 bits per heavy atom. The fourth-order valence-electron chi connectivity index (χ4n) is 3.47. The van der Waals surface area contributed by atoms with Crippen LogP contribution in [0.2, 0.25) is 0 Å². The molecule has 6 heteroatoms. The summed E-state index contributed by atoms with van der Waals surface area (Å²) in [5.74, 6) is -0.208. The number of hydrogen-bond donors (Lipinski definition) is 0. The average Bonchev–Trinajstić information content (AvgIpc) is 2.85. The number of aromatic nitrogens is 1. The molecule has 124 valence electrons. The van der Waals surface area contributed by atoms with Gasteiger partial charge in [0.15, 0.2) is 0 Å². The van der Waals surface area contributed by atoms with Crippen molar-refractivity contribution in [3.63, 3.8) is 0 Å². The molecule has 3 rings (SSSR count). The highest BCUT2D eigenvalue weighted by Crippen LogP contribution is 2.41. The molecule has 2 aliphatic rings. The average molecular weight is 318 g/mol. The topological polar surface area (TPSA) is 68.7 Å². The van der Waals surface area contributed by atoms with E-state index >= 15 is 0 Å².